The summed E-state index contributed by atoms with van der Waals surface area (Å²) in [6, 6.07) is 0. The Morgan fingerprint density at radius 3 is 2.24 bits per heavy atom. The minimum Gasteiger partial charge on any atom is -0.480 e. The molecule has 0 fully saturated rings. The van der Waals surface area contributed by atoms with Crippen molar-refractivity contribution >= 4 is 17.9 Å². The molecular weight excluding hydrogens is 422 g/mol. The number of rotatable bonds is 12. The summed E-state index contributed by atoms with van der Waals surface area (Å²) < 4.78 is 5.12. The van der Waals surface area contributed by atoms with E-state index in [2.05, 4.69) is 39.0 Å². The summed E-state index contributed by atoms with van der Waals surface area (Å²) in [5.74, 6) is -3.10. The number of carbonyl (C=O) groups is 3. The summed E-state index contributed by atoms with van der Waals surface area (Å²) in [4.78, 5) is 34.5. The molecule has 0 saturated heterocycles. The molecule has 1 rings (SSSR count). The van der Waals surface area contributed by atoms with Gasteiger partial charge in [-0.1, -0.05) is 61.4 Å². The van der Waals surface area contributed by atoms with Crippen molar-refractivity contribution in [2.45, 2.75) is 53.9 Å². The summed E-state index contributed by atoms with van der Waals surface area (Å²) in [5, 5.41) is 17.6. The third kappa shape index (κ3) is 11.5. The van der Waals surface area contributed by atoms with Crippen LogP contribution in [0, 0.1) is 5.41 Å². The van der Waals surface area contributed by atoms with Gasteiger partial charge in [0.15, 0.2) is 0 Å². The van der Waals surface area contributed by atoms with Crippen LogP contribution in [0.4, 0.5) is 0 Å². The van der Waals surface area contributed by atoms with Crippen molar-refractivity contribution in [2.75, 3.05) is 26.2 Å². The molecule has 7 nitrogen and oxygen atoms in total. The molecule has 0 atom stereocenters. The maximum absolute atomic E-state index is 11.9. The summed E-state index contributed by atoms with van der Waals surface area (Å²) >= 11 is 0. The van der Waals surface area contributed by atoms with Gasteiger partial charge in [-0.25, -0.2) is 0 Å². The number of hydrogen-bond acceptors (Lipinski definition) is 5. The lowest BCUT2D eigenvalue weighted by atomic mass is 9.72. The van der Waals surface area contributed by atoms with Crippen molar-refractivity contribution in [3.8, 4) is 0 Å². The lowest BCUT2D eigenvalue weighted by molar-refractivity contribution is -0.147. The molecule has 1 aliphatic rings. The second kappa shape index (κ2) is 13.6. The molecular formula is C26H37NO6. The molecule has 0 aliphatic heterocycles. The van der Waals surface area contributed by atoms with Crippen LogP contribution in [0.3, 0.4) is 0 Å². The molecule has 0 aromatic rings. The van der Waals surface area contributed by atoms with Crippen LogP contribution < -0.4 is 0 Å². The minimum absolute atomic E-state index is 0.0440. The second-order valence-corrected chi connectivity index (χ2v) is 9.17. The van der Waals surface area contributed by atoms with Gasteiger partial charge >= 0.3 is 17.9 Å². The fourth-order valence-electron chi connectivity index (χ4n) is 3.75. The number of allylic oxidation sites excluding steroid dienone is 9. The first kappa shape index (κ1) is 28.1. The molecule has 0 radical (unpaired) electrons. The van der Waals surface area contributed by atoms with Crippen molar-refractivity contribution in [3.05, 3.63) is 58.7 Å². The zero-order chi connectivity index (χ0) is 25.0. The normalized spacial score (nSPS) is 17.3. The Morgan fingerprint density at radius 2 is 1.67 bits per heavy atom. The molecule has 7 heteroatoms. The summed E-state index contributed by atoms with van der Waals surface area (Å²) in [6.07, 6.45) is 15.6. The Balaban J connectivity index is 2.57. The van der Waals surface area contributed by atoms with E-state index < -0.39 is 37.5 Å². The zero-order valence-corrected chi connectivity index (χ0v) is 20.4. The van der Waals surface area contributed by atoms with Crippen LogP contribution in [-0.4, -0.2) is 59.3 Å². The molecule has 0 saturated carbocycles. The highest BCUT2D eigenvalue weighted by Gasteiger charge is 2.26. The third-order valence-corrected chi connectivity index (χ3v) is 5.44. The maximum Gasteiger partial charge on any atom is 0.320 e. The summed E-state index contributed by atoms with van der Waals surface area (Å²) in [6.45, 7) is 9.17. The predicted molar refractivity (Wildman–Crippen MR) is 129 cm³/mol. The molecule has 2 N–H and O–H groups in total. The number of hydrogen-bond donors (Lipinski definition) is 2. The van der Waals surface area contributed by atoms with Crippen molar-refractivity contribution < 1.29 is 29.3 Å². The van der Waals surface area contributed by atoms with Gasteiger partial charge in [0, 0.05) is 0 Å². The largest absolute Gasteiger partial charge is 0.480 e. The SMILES string of the molecule is CC1=C(/C=C/C=C(C)/C=C/C=C(\C)COC(=O)CN(CC(=O)O)CC(=O)O)C(C)(C)CCC1. The van der Waals surface area contributed by atoms with Crippen LogP contribution in [0.2, 0.25) is 0 Å². The van der Waals surface area contributed by atoms with Gasteiger partial charge < -0.3 is 14.9 Å². The van der Waals surface area contributed by atoms with Gasteiger partial charge in [-0.15, -0.1) is 0 Å². The Morgan fingerprint density at radius 1 is 1.03 bits per heavy atom. The van der Waals surface area contributed by atoms with E-state index in [1.54, 1.807) is 0 Å². The topological polar surface area (TPSA) is 104 Å². The average molecular weight is 460 g/mol. The van der Waals surface area contributed by atoms with Crippen LogP contribution in [-0.2, 0) is 19.1 Å². The van der Waals surface area contributed by atoms with Gasteiger partial charge in [0.2, 0.25) is 0 Å². The monoisotopic (exact) mass is 459 g/mol. The lowest BCUT2D eigenvalue weighted by Crippen LogP contribution is -2.38. The Hall–Kier alpha value is -2.93. The molecule has 0 heterocycles. The molecule has 0 aromatic heterocycles. The number of esters is 1. The minimum atomic E-state index is -1.21. The number of carbonyl (C=O) groups excluding carboxylic acids is 1. The van der Waals surface area contributed by atoms with Crippen LogP contribution >= 0.6 is 0 Å². The van der Waals surface area contributed by atoms with Crippen LogP contribution in [0.25, 0.3) is 0 Å². The quantitative estimate of drug-likeness (QED) is 0.326. The summed E-state index contributed by atoms with van der Waals surface area (Å²) in [7, 11) is 0. The van der Waals surface area contributed by atoms with Gasteiger partial charge in [0.05, 0.1) is 19.6 Å². The van der Waals surface area contributed by atoms with Crippen LogP contribution in [0.5, 0.6) is 0 Å². The van der Waals surface area contributed by atoms with Crippen LogP contribution in [0.1, 0.15) is 53.9 Å². The number of aliphatic carboxylic acids is 2. The predicted octanol–water partition coefficient (Wildman–Crippen LogP) is 4.53. The Labute approximate surface area is 196 Å². The van der Waals surface area contributed by atoms with Crippen molar-refractivity contribution in [2.24, 2.45) is 5.41 Å². The van der Waals surface area contributed by atoms with Gasteiger partial charge in [-0.3, -0.25) is 19.3 Å². The molecule has 0 spiro atoms. The highest BCUT2D eigenvalue weighted by atomic mass is 16.5. The van der Waals surface area contributed by atoms with Crippen molar-refractivity contribution in [1.82, 2.24) is 4.90 Å². The van der Waals surface area contributed by atoms with E-state index in [1.807, 2.05) is 32.1 Å². The lowest BCUT2D eigenvalue weighted by Gasteiger charge is -2.32. The van der Waals surface area contributed by atoms with E-state index >= 15 is 0 Å². The molecule has 0 amide bonds. The average Bonchev–Trinajstić information content (AvgIpc) is 2.67. The number of carboxylic acids is 2. The van der Waals surface area contributed by atoms with Crippen molar-refractivity contribution in [3.63, 3.8) is 0 Å². The second-order valence-electron chi connectivity index (χ2n) is 9.17. The number of carboxylic acid groups (broad SMARTS) is 2. The standard InChI is InChI=1S/C26H37NO6/c1-19(10-7-13-22-21(3)12-8-14-26(22,4)5)9-6-11-20(2)18-33-25(32)17-27(15-23(28)29)16-24(30)31/h6-7,9-11,13H,8,12,14-18H2,1-5H3,(H,28,29)(H,30,31)/b9-6+,13-7+,19-10+,20-11+. The summed E-state index contributed by atoms with van der Waals surface area (Å²) in [5.41, 5.74) is 4.98. The van der Waals surface area contributed by atoms with E-state index in [4.69, 9.17) is 14.9 Å². The molecule has 0 unspecified atom stereocenters. The van der Waals surface area contributed by atoms with Crippen LogP contribution in [0.15, 0.2) is 58.7 Å². The fraction of sp³-hybridized carbons (Fsp3) is 0.500. The van der Waals surface area contributed by atoms with E-state index in [1.165, 1.54) is 24.0 Å². The first-order chi connectivity index (χ1) is 15.4. The van der Waals surface area contributed by atoms with Crippen molar-refractivity contribution in [1.29, 1.82) is 0 Å². The zero-order valence-electron chi connectivity index (χ0n) is 20.4. The molecule has 0 aromatic carbocycles. The Bertz CT molecular complexity index is 857. The maximum atomic E-state index is 11.9. The highest BCUT2D eigenvalue weighted by molar-refractivity contribution is 5.76. The molecule has 33 heavy (non-hydrogen) atoms. The highest BCUT2D eigenvalue weighted by Crippen LogP contribution is 2.40. The van der Waals surface area contributed by atoms with Gasteiger partial charge in [0.25, 0.3) is 0 Å². The molecule has 0 bridgehead atoms. The number of ether oxygens (including phenoxy) is 1. The van der Waals surface area contributed by atoms with E-state index in [-0.39, 0.29) is 12.0 Å². The first-order valence-corrected chi connectivity index (χ1v) is 11.1. The van der Waals surface area contributed by atoms with Gasteiger partial charge in [0.1, 0.15) is 6.61 Å². The molecule has 182 valence electrons. The third-order valence-electron chi connectivity index (χ3n) is 5.44. The first-order valence-electron chi connectivity index (χ1n) is 11.1. The van der Waals surface area contributed by atoms with E-state index in [0.717, 1.165) is 22.5 Å². The fourth-order valence-corrected chi connectivity index (χ4v) is 3.75. The van der Waals surface area contributed by atoms with E-state index in [9.17, 15) is 14.4 Å². The van der Waals surface area contributed by atoms with Gasteiger partial charge in [-0.2, -0.15) is 0 Å². The Kier molecular flexibility index (Phi) is 11.6. The van der Waals surface area contributed by atoms with Gasteiger partial charge in [-0.05, 0) is 56.6 Å². The molecule has 1 aliphatic carbocycles. The van der Waals surface area contributed by atoms with E-state index in [0.29, 0.717) is 0 Å². The smallest absolute Gasteiger partial charge is 0.320 e. The number of nitrogens with zero attached hydrogens (tertiary/aromatic N) is 1.